The monoisotopic (exact) mass is 278 g/mol. The zero-order chi connectivity index (χ0) is 13.5. The number of aromatic nitrogens is 1. The van der Waals surface area contributed by atoms with Gasteiger partial charge in [-0.05, 0) is 18.2 Å². The van der Waals surface area contributed by atoms with Crippen molar-refractivity contribution in [3.63, 3.8) is 0 Å². The summed E-state index contributed by atoms with van der Waals surface area (Å²) in [4.78, 5) is 16.0. The van der Waals surface area contributed by atoms with Gasteiger partial charge in [0, 0.05) is 24.3 Å². The fourth-order valence-corrected chi connectivity index (χ4v) is 1.95. The van der Waals surface area contributed by atoms with Crippen molar-refractivity contribution >= 4 is 22.4 Å². The first-order valence-electron chi connectivity index (χ1n) is 5.72. The normalized spacial score (nSPS) is 10.2. The maximum Gasteiger partial charge on any atom is 0.257 e. The minimum absolute atomic E-state index is 0.202. The number of anilines is 1. The Morgan fingerprint density at radius 2 is 2.32 bits per heavy atom. The Morgan fingerprint density at radius 3 is 3.05 bits per heavy atom. The third-order valence-electron chi connectivity index (χ3n) is 2.31. The van der Waals surface area contributed by atoms with Gasteiger partial charge in [0.25, 0.3) is 5.91 Å². The van der Waals surface area contributed by atoms with Gasteiger partial charge in [-0.25, -0.2) is 4.98 Å². The summed E-state index contributed by atoms with van der Waals surface area (Å²) in [6.45, 7) is 0.962. The van der Waals surface area contributed by atoms with Crippen LogP contribution in [0, 0.1) is 0 Å². The van der Waals surface area contributed by atoms with E-state index in [0.29, 0.717) is 29.7 Å². The lowest BCUT2D eigenvalue weighted by atomic mass is 10.2. The summed E-state index contributed by atoms with van der Waals surface area (Å²) in [7, 11) is 1.61. The Bertz CT molecular complexity index is 528. The average Bonchev–Trinajstić information content (AvgIpc) is 2.92. The second-order valence-corrected chi connectivity index (χ2v) is 4.56. The molecule has 2 rings (SSSR count). The number of hydrogen-bond donors (Lipinski definition) is 1. The van der Waals surface area contributed by atoms with Crippen molar-refractivity contribution < 1.29 is 14.3 Å². The van der Waals surface area contributed by atoms with Crippen molar-refractivity contribution in [1.29, 1.82) is 0 Å². The highest BCUT2D eigenvalue weighted by Crippen LogP contribution is 2.16. The second kappa shape index (κ2) is 6.86. The number of rotatable bonds is 6. The molecule has 0 unspecified atom stereocenters. The maximum absolute atomic E-state index is 12.0. The van der Waals surface area contributed by atoms with Crippen molar-refractivity contribution in [3.05, 3.63) is 41.4 Å². The number of amides is 1. The number of thiazole rings is 1. The molecule has 0 spiro atoms. The van der Waals surface area contributed by atoms with Crippen molar-refractivity contribution in [2.45, 2.75) is 0 Å². The molecule has 0 aliphatic heterocycles. The minimum Gasteiger partial charge on any atom is -0.491 e. The molecular weight excluding hydrogens is 264 g/mol. The van der Waals surface area contributed by atoms with E-state index < -0.39 is 0 Å². The van der Waals surface area contributed by atoms with E-state index in [-0.39, 0.29) is 5.91 Å². The second-order valence-electron chi connectivity index (χ2n) is 3.66. The van der Waals surface area contributed by atoms with Crippen LogP contribution in [0.3, 0.4) is 0 Å². The molecular formula is C13H14N2O3S. The maximum atomic E-state index is 12.0. The molecule has 0 fully saturated rings. The Labute approximate surface area is 115 Å². The zero-order valence-electron chi connectivity index (χ0n) is 10.5. The van der Waals surface area contributed by atoms with E-state index in [0.717, 1.165) is 0 Å². The quantitative estimate of drug-likeness (QED) is 0.824. The molecule has 19 heavy (non-hydrogen) atoms. The molecule has 5 nitrogen and oxygen atoms in total. The predicted octanol–water partition coefficient (Wildman–Crippen LogP) is 2.42. The van der Waals surface area contributed by atoms with Gasteiger partial charge >= 0.3 is 0 Å². The van der Waals surface area contributed by atoms with Crippen LogP contribution in [0.5, 0.6) is 5.75 Å². The van der Waals surface area contributed by atoms with E-state index in [4.69, 9.17) is 9.47 Å². The molecule has 6 heteroatoms. The van der Waals surface area contributed by atoms with Gasteiger partial charge in [0.15, 0.2) is 5.13 Å². The van der Waals surface area contributed by atoms with Crippen molar-refractivity contribution in [2.75, 3.05) is 25.6 Å². The highest BCUT2D eigenvalue weighted by Gasteiger charge is 2.08. The number of benzene rings is 1. The average molecular weight is 278 g/mol. The predicted molar refractivity (Wildman–Crippen MR) is 73.9 cm³/mol. The molecule has 1 aromatic heterocycles. The number of carbonyl (C=O) groups is 1. The number of ether oxygens (including phenoxy) is 2. The van der Waals surface area contributed by atoms with Crippen molar-refractivity contribution in [1.82, 2.24) is 4.98 Å². The van der Waals surface area contributed by atoms with Crippen molar-refractivity contribution in [3.8, 4) is 5.75 Å². The number of hydrogen-bond acceptors (Lipinski definition) is 5. The van der Waals surface area contributed by atoms with Crippen LogP contribution >= 0.6 is 11.3 Å². The minimum atomic E-state index is -0.202. The molecule has 1 heterocycles. The molecule has 2 aromatic rings. The number of nitrogens with one attached hydrogen (secondary N) is 1. The fraction of sp³-hybridized carbons (Fsp3) is 0.231. The molecule has 0 radical (unpaired) electrons. The van der Waals surface area contributed by atoms with Crippen LogP contribution in [0.4, 0.5) is 5.13 Å². The van der Waals surface area contributed by atoms with E-state index >= 15 is 0 Å². The van der Waals surface area contributed by atoms with Gasteiger partial charge in [-0.1, -0.05) is 6.07 Å². The molecule has 0 atom stereocenters. The first kappa shape index (κ1) is 13.5. The van der Waals surface area contributed by atoms with Crippen LogP contribution in [0.25, 0.3) is 0 Å². The molecule has 1 aromatic carbocycles. The molecule has 0 bridgehead atoms. The van der Waals surface area contributed by atoms with Gasteiger partial charge in [-0.15, -0.1) is 11.3 Å². The van der Waals surface area contributed by atoms with E-state index in [2.05, 4.69) is 10.3 Å². The summed E-state index contributed by atoms with van der Waals surface area (Å²) < 4.78 is 10.4. The van der Waals surface area contributed by atoms with Crippen LogP contribution in [0.15, 0.2) is 35.8 Å². The third kappa shape index (κ3) is 4.04. The van der Waals surface area contributed by atoms with Crippen LogP contribution in [0.1, 0.15) is 10.4 Å². The number of nitrogens with zero attached hydrogens (tertiary/aromatic N) is 1. The van der Waals surface area contributed by atoms with Crippen LogP contribution < -0.4 is 10.1 Å². The van der Waals surface area contributed by atoms with E-state index in [1.54, 1.807) is 43.0 Å². The summed E-state index contributed by atoms with van der Waals surface area (Å²) in [6.07, 6.45) is 1.64. The van der Waals surface area contributed by atoms with Gasteiger partial charge in [-0.3, -0.25) is 10.1 Å². The van der Waals surface area contributed by atoms with Crippen LogP contribution in [0.2, 0.25) is 0 Å². The lowest BCUT2D eigenvalue weighted by Gasteiger charge is -2.07. The van der Waals surface area contributed by atoms with E-state index in [1.165, 1.54) is 11.3 Å². The smallest absolute Gasteiger partial charge is 0.257 e. The Hall–Kier alpha value is -1.92. The highest BCUT2D eigenvalue weighted by atomic mass is 32.1. The highest BCUT2D eigenvalue weighted by molar-refractivity contribution is 7.13. The topological polar surface area (TPSA) is 60.5 Å². The van der Waals surface area contributed by atoms with Gasteiger partial charge in [-0.2, -0.15) is 0 Å². The molecule has 1 N–H and O–H groups in total. The molecule has 0 aliphatic rings. The van der Waals surface area contributed by atoms with E-state index in [9.17, 15) is 4.79 Å². The molecule has 1 amide bonds. The first-order chi connectivity index (χ1) is 9.29. The fourth-order valence-electron chi connectivity index (χ4n) is 1.42. The number of methoxy groups -OCH3 is 1. The Morgan fingerprint density at radius 1 is 1.42 bits per heavy atom. The van der Waals surface area contributed by atoms with E-state index in [1.807, 2.05) is 0 Å². The van der Waals surface area contributed by atoms with Crippen LogP contribution in [-0.2, 0) is 4.74 Å². The summed E-state index contributed by atoms with van der Waals surface area (Å²) in [6, 6.07) is 7.00. The Kier molecular flexibility index (Phi) is 4.88. The van der Waals surface area contributed by atoms with Gasteiger partial charge in [0.2, 0.25) is 0 Å². The summed E-state index contributed by atoms with van der Waals surface area (Å²) in [5.41, 5.74) is 0.533. The van der Waals surface area contributed by atoms with Crippen molar-refractivity contribution in [2.24, 2.45) is 0 Å². The summed E-state index contributed by atoms with van der Waals surface area (Å²) in [5, 5.41) is 5.11. The standard InChI is InChI=1S/C13H14N2O3S/c1-17-6-7-18-11-4-2-3-10(9-11)12(16)15-13-14-5-8-19-13/h2-5,8-9H,6-7H2,1H3,(H,14,15,16). The zero-order valence-corrected chi connectivity index (χ0v) is 11.3. The molecule has 0 aliphatic carbocycles. The summed E-state index contributed by atoms with van der Waals surface area (Å²) >= 11 is 1.38. The number of carbonyl (C=O) groups excluding carboxylic acids is 1. The Balaban J connectivity index is 1.99. The molecule has 0 saturated heterocycles. The first-order valence-corrected chi connectivity index (χ1v) is 6.60. The van der Waals surface area contributed by atoms with Gasteiger partial charge in [0.05, 0.1) is 6.61 Å². The van der Waals surface area contributed by atoms with Gasteiger partial charge in [0.1, 0.15) is 12.4 Å². The third-order valence-corrected chi connectivity index (χ3v) is 2.99. The van der Waals surface area contributed by atoms with Crippen LogP contribution in [-0.4, -0.2) is 31.2 Å². The van der Waals surface area contributed by atoms with Gasteiger partial charge < -0.3 is 9.47 Å². The molecule has 100 valence electrons. The molecule has 0 saturated carbocycles. The summed E-state index contributed by atoms with van der Waals surface area (Å²) in [5.74, 6) is 0.441. The lowest BCUT2D eigenvalue weighted by molar-refractivity contribution is 0.102. The lowest BCUT2D eigenvalue weighted by Crippen LogP contribution is -2.12. The SMILES string of the molecule is COCCOc1cccc(C(=O)Nc2nccs2)c1. The largest absolute Gasteiger partial charge is 0.491 e.